The second kappa shape index (κ2) is 7.69. The molecule has 0 bridgehead atoms. The standard InChI is InChI=1S/C17H27N3O/c1-15-6-4-5-7-16(15)17(21)14-20-12-10-19(11-13-20)9-8-18(2)3/h4-7H,8-14H2,1-3H3. The molecule has 1 aromatic carbocycles. The fourth-order valence-corrected chi connectivity index (χ4v) is 2.69. The SMILES string of the molecule is Cc1ccccc1C(=O)CN1CCN(CCN(C)C)CC1. The minimum absolute atomic E-state index is 0.245. The number of ketones is 1. The van der Waals surface area contributed by atoms with E-state index in [1.54, 1.807) is 0 Å². The highest BCUT2D eigenvalue weighted by Crippen LogP contribution is 2.10. The van der Waals surface area contributed by atoms with Crippen molar-refractivity contribution < 1.29 is 4.79 Å². The summed E-state index contributed by atoms with van der Waals surface area (Å²) in [6.07, 6.45) is 0. The smallest absolute Gasteiger partial charge is 0.177 e. The molecule has 1 saturated heterocycles. The van der Waals surface area contributed by atoms with Crippen molar-refractivity contribution >= 4 is 5.78 Å². The lowest BCUT2D eigenvalue weighted by Crippen LogP contribution is -2.49. The molecule has 4 heteroatoms. The molecule has 0 unspecified atom stereocenters. The number of likely N-dealkylation sites (N-methyl/N-ethyl adjacent to an activating group) is 1. The van der Waals surface area contributed by atoms with Crippen molar-refractivity contribution in [3.63, 3.8) is 0 Å². The molecule has 0 atom stereocenters. The summed E-state index contributed by atoms with van der Waals surface area (Å²) in [6.45, 7) is 8.88. The molecule has 0 amide bonds. The van der Waals surface area contributed by atoms with Gasteiger partial charge >= 0.3 is 0 Å². The summed E-state index contributed by atoms with van der Waals surface area (Å²) in [5.74, 6) is 0.245. The molecule has 116 valence electrons. The Hall–Kier alpha value is -1.23. The largest absolute Gasteiger partial charge is 0.308 e. The summed E-state index contributed by atoms with van der Waals surface area (Å²) in [5.41, 5.74) is 1.94. The maximum atomic E-state index is 12.4. The minimum atomic E-state index is 0.245. The van der Waals surface area contributed by atoms with Crippen LogP contribution in [0.5, 0.6) is 0 Å². The number of rotatable bonds is 6. The maximum absolute atomic E-state index is 12.4. The average Bonchev–Trinajstić information content (AvgIpc) is 2.47. The van der Waals surface area contributed by atoms with Crippen LogP contribution in [0.25, 0.3) is 0 Å². The Balaban J connectivity index is 1.78. The van der Waals surface area contributed by atoms with Crippen molar-refractivity contribution in [1.29, 1.82) is 0 Å². The third-order valence-corrected chi connectivity index (χ3v) is 4.14. The zero-order valence-corrected chi connectivity index (χ0v) is 13.5. The maximum Gasteiger partial charge on any atom is 0.177 e. The molecule has 1 heterocycles. The van der Waals surface area contributed by atoms with Crippen molar-refractivity contribution in [1.82, 2.24) is 14.7 Å². The van der Waals surface area contributed by atoms with Crippen molar-refractivity contribution in [2.75, 3.05) is 59.9 Å². The molecule has 0 aromatic heterocycles. The van der Waals surface area contributed by atoms with Crippen LogP contribution in [-0.2, 0) is 0 Å². The number of nitrogens with zero attached hydrogens (tertiary/aromatic N) is 3. The number of Topliss-reactive ketones (excluding diaryl/α,β-unsaturated/α-hetero) is 1. The second-order valence-electron chi connectivity index (χ2n) is 6.16. The molecule has 1 aliphatic heterocycles. The second-order valence-corrected chi connectivity index (χ2v) is 6.16. The quantitative estimate of drug-likeness (QED) is 0.739. The van der Waals surface area contributed by atoms with Crippen molar-refractivity contribution in [3.05, 3.63) is 35.4 Å². The van der Waals surface area contributed by atoms with E-state index in [1.807, 2.05) is 31.2 Å². The lowest BCUT2D eigenvalue weighted by atomic mass is 10.0. The number of hydrogen-bond donors (Lipinski definition) is 0. The van der Waals surface area contributed by atoms with Crippen LogP contribution in [0, 0.1) is 6.92 Å². The molecular formula is C17H27N3O. The van der Waals surface area contributed by atoms with Gasteiger partial charge in [-0.2, -0.15) is 0 Å². The van der Waals surface area contributed by atoms with E-state index < -0.39 is 0 Å². The predicted molar refractivity (Wildman–Crippen MR) is 86.9 cm³/mol. The van der Waals surface area contributed by atoms with E-state index in [9.17, 15) is 4.79 Å². The zero-order chi connectivity index (χ0) is 15.2. The summed E-state index contributed by atoms with van der Waals surface area (Å²) in [5, 5.41) is 0. The highest BCUT2D eigenvalue weighted by atomic mass is 16.1. The van der Waals surface area contributed by atoms with Gasteiger partial charge in [-0.25, -0.2) is 0 Å². The van der Waals surface area contributed by atoms with Gasteiger partial charge in [-0.3, -0.25) is 14.6 Å². The monoisotopic (exact) mass is 289 g/mol. The first kappa shape index (κ1) is 16.1. The molecule has 0 spiro atoms. The van der Waals surface area contributed by atoms with Gasteiger partial charge in [-0.15, -0.1) is 0 Å². The Labute approximate surface area is 128 Å². The van der Waals surface area contributed by atoms with Gasteiger partial charge in [0.2, 0.25) is 0 Å². The van der Waals surface area contributed by atoms with Gasteiger partial charge < -0.3 is 4.90 Å². The number of carbonyl (C=O) groups excluding carboxylic acids is 1. The first-order valence-corrected chi connectivity index (χ1v) is 7.74. The van der Waals surface area contributed by atoms with E-state index in [4.69, 9.17) is 0 Å². The van der Waals surface area contributed by atoms with Crippen LogP contribution in [0.2, 0.25) is 0 Å². The summed E-state index contributed by atoms with van der Waals surface area (Å²) < 4.78 is 0. The van der Waals surface area contributed by atoms with Gasteiger partial charge in [0.1, 0.15) is 0 Å². The summed E-state index contributed by atoms with van der Waals surface area (Å²) in [7, 11) is 4.22. The zero-order valence-electron chi connectivity index (χ0n) is 13.5. The van der Waals surface area contributed by atoms with Crippen LogP contribution < -0.4 is 0 Å². The van der Waals surface area contributed by atoms with Crippen LogP contribution >= 0.6 is 0 Å². The normalized spacial score (nSPS) is 17.3. The van der Waals surface area contributed by atoms with Crippen LogP contribution in [-0.4, -0.2) is 80.4 Å². The van der Waals surface area contributed by atoms with Gasteiger partial charge in [0.25, 0.3) is 0 Å². The van der Waals surface area contributed by atoms with Crippen LogP contribution in [0.1, 0.15) is 15.9 Å². The van der Waals surface area contributed by atoms with E-state index in [1.165, 1.54) is 0 Å². The van der Waals surface area contributed by atoms with E-state index in [-0.39, 0.29) is 5.78 Å². The molecular weight excluding hydrogens is 262 g/mol. The van der Waals surface area contributed by atoms with Crippen LogP contribution in [0.15, 0.2) is 24.3 Å². The predicted octanol–water partition coefficient (Wildman–Crippen LogP) is 1.36. The fourth-order valence-electron chi connectivity index (χ4n) is 2.69. The van der Waals surface area contributed by atoms with Gasteiger partial charge in [0.05, 0.1) is 6.54 Å². The Morgan fingerprint density at radius 2 is 1.71 bits per heavy atom. The van der Waals surface area contributed by atoms with Crippen molar-refractivity contribution in [2.24, 2.45) is 0 Å². The minimum Gasteiger partial charge on any atom is -0.308 e. The molecule has 1 aromatic rings. The number of piperazine rings is 1. The van der Waals surface area contributed by atoms with E-state index >= 15 is 0 Å². The molecule has 0 N–H and O–H groups in total. The Morgan fingerprint density at radius 3 is 2.33 bits per heavy atom. The van der Waals surface area contributed by atoms with E-state index in [2.05, 4.69) is 28.8 Å². The fraction of sp³-hybridized carbons (Fsp3) is 0.588. The third kappa shape index (κ3) is 4.92. The van der Waals surface area contributed by atoms with Crippen molar-refractivity contribution in [3.8, 4) is 0 Å². The molecule has 2 rings (SSSR count). The highest BCUT2D eigenvalue weighted by Gasteiger charge is 2.19. The van der Waals surface area contributed by atoms with E-state index in [0.717, 1.165) is 50.4 Å². The molecule has 21 heavy (non-hydrogen) atoms. The highest BCUT2D eigenvalue weighted by molar-refractivity contribution is 5.98. The molecule has 0 aliphatic carbocycles. The number of benzene rings is 1. The summed E-state index contributed by atoms with van der Waals surface area (Å²) in [6, 6.07) is 7.87. The summed E-state index contributed by atoms with van der Waals surface area (Å²) in [4.78, 5) is 19.3. The average molecular weight is 289 g/mol. The first-order valence-electron chi connectivity index (χ1n) is 7.74. The van der Waals surface area contributed by atoms with Crippen LogP contribution in [0.4, 0.5) is 0 Å². The Kier molecular flexibility index (Phi) is 5.91. The van der Waals surface area contributed by atoms with Crippen LogP contribution in [0.3, 0.4) is 0 Å². The van der Waals surface area contributed by atoms with Gasteiger partial charge in [0.15, 0.2) is 5.78 Å². The topological polar surface area (TPSA) is 26.8 Å². The molecule has 0 saturated carbocycles. The lowest BCUT2D eigenvalue weighted by Gasteiger charge is -2.34. The van der Waals surface area contributed by atoms with Gasteiger partial charge in [-0.05, 0) is 26.6 Å². The molecule has 0 radical (unpaired) electrons. The first-order chi connectivity index (χ1) is 10.1. The summed E-state index contributed by atoms with van der Waals surface area (Å²) >= 11 is 0. The number of hydrogen-bond acceptors (Lipinski definition) is 4. The third-order valence-electron chi connectivity index (χ3n) is 4.14. The molecule has 4 nitrogen and oxygen atoms in total. The molecule has 1 aliphatic rings. The van der Waals surface area contributed by atoms with Crippen molar-refractivity contribution in [2.45, 2.75) is 6.92 Å². The number of carbonyl (C=O) groups is 1. The Bertz CT molecular complexity index is 465. The molecule has 1 fully saturated rings. The number of aryl methyl sites for hydroxylation is 1. The van der Waals surface area contributed by atoms with Gasteiger partial charge in [0, 0.05) is 44.8 Å². The Morgan fingerprint density at radius 1 is 1.10 bits per heavy atom. The van der Waals surface area contributed by atoms with Gasteiger partial charge in [-0.1, -0.05) is 24.3 Å². The lowest BCUT2D eigenvalue weighted by molar-refractivity contribution is 0.0844. The van der Waals surface area contributed by atoms with E-state index in [0.29, 0.717) is 6.54 Å².